The minimum atomic E-state index is 0.0269. The van der Waals surface area contributed by atoms with Gasteiger partial charge in [0.05, 0.1) is 0 Å². The van der Waals surface area contributed by atoms with Crippen LogP contribution in [0.25, 0.3) is 0 Å². The van der Waals surface area contributed by atoms with Crippen LogP contribution in [0.2, 0.25) is 5.02 Å². The lowest BCUT2D eigenvalue weighted by Crippen LogP contribution is -2.35. The second-order valence-electron chi connectivity index (χ2n) is 6.19. The Labute approximate surface area is 132 Å². The first kappa shape index (κ1) is 15.9. The van der Waals surface area contributed by atoms with Crippen molar-refractivity contribution in [3.63, 3.8) is 0 Å². The van der Waals surface area contributed by atoms with E-state index in [9.17, 15) is 0 Å². The lowest BCUT2D eigenvalue weighted by Gasteiger charge is -2.22. The third-order valence-electron chi connectivity index (χ3n) is 3.18. The summed E-state index contributed by atoms with van der Waals surface area (Å²) in [5, 5.41) is 4.18. The molecule has 3 heteroatoms. The van der Waals surface area contributed by atoms with Crippen molar-refractivity contribution >= 4 is 11.6 Å². The molecule has 21 heavy (non-hydrogen) atoms. The molecule has 1 N–H and O–H groups in total. The Bertz CT molecular complexity index is 617. The van der Waals surface area contributed by atoms with Crippen molar-refractivity contribution in [3.8, 4) is 11.5 Å². The molecule has 0 bridgehead atoms. The van der Waals surface area contributed by atoms with Crippen LogP contribution in [0, 0.1) is 6.92 Å². The van der Waals surface area contributed by atoms with Gasteiger partial charge in [0.25, 0.3) is 0 Å². The molecule has 2 aromatic carbocycles. The fraction of sp³-hybridized carbons (Fsp3) is 0.333. The zero-order valence-electron chi connectivity index (χ0n) is 13.0. The summed E-state index contributed by atoms with van der Waals surface area (Å²) in [6.45, 7) is 9.10. The average Bonchev–Trinajstić information content (AvgIpc) is 2.39. The summed E-state index contributed by atoms with van der Waals surface area (Å²) in [4.78, 5) is 0. The molecule has 0 aliphatic carbocycles. The first-order valence-electron chi connectivity index (χ1n) is 7.13. The van der Waals surface area contributed by atoms with E-state index in [1.54, 1.807) is 0 Å². The summed E-state index contributed by atoms with van der Waals surface area (Å²) in [6.07, 6.45) is 0. The molecule has 0 aliphatic heterocycles. The largest absolute Gasteiger partial charge is 0.457 e. The van der Waals surface area contributed by atoms with Crippen LogP contribution < -0.4 is 10.1 Å². The number of halogens is 1. The number of hydrogen-bond acceptors (Lipinski definition) is 2. The second kappa shape index (κ2) is 6.50. The van der Waals surface area contributed by atoms with E-state index >= 15 is 0 Å². The van der Waals surface area contributed by atoms with Gasteiger partial charge in [0.1, 0.15) is 11.5 Å². The van der Waals surface area contributed by atoms with Crippen LogP contribution in [0.4, 0.5) is 0 Å². The van der Waals surface area contributed by atoms with Crippen molar-refractivity contribution in [2.24, 2.45) is 0 Å². The van der Waals surface area contributed by atoms with E-state index < -0.39 is 0 Å². The molecule has 0 aromatic heterocycles. The fourth-order valence-electron chi connectivity index (χ4n) is 1.95. The lowest BCUT2D eigenvalue weighted by atomic mass is 10.1. The Morgan fingerprint density at radius 1 is 1.00 bits per heavy atom. The van der Waals surface area contributed by atoms with E-state index in [0.717, 1.165) is 27.6 Å². The summed E-state index contributed by atoms with van der Waals surface area (Å²) >= 11 is 6.34. The van der Waals surface area contributed by atoms with Gasteiger partial charge in [-0.05, 0) is 51.5 Å². The van der Waals surface area contributed by atoms with Gasteiger partial charge in [0.15, 0.2) is 0 Å². The minimum Gasteiger partial charge on any atom is -0.457 e. The molecule has 0 fully saturated rings. The highest BCUT2D eigenvalue weighted by Crippen LogP contribution is 2.32. The van der Waals surface area contributed by atoms with Gasteiger partial charge in [-0.15, -0.1) is 0 Å². The van der Waals surface area contributed by atoms with Crippen molar-refractivity contribution in [1.82, 2.24) is 5.32 Å². The maximum Gasteiger partial charge on any atom is 0.133 e. The molecule has 0 aliphatic rings. The predicted octanol–water partition coefficient (Wildman–Crippen LogP) is 5.33. The zero-order chi connectivity index (χ0) is 15.5. The standard InChI is InChI=1S/C18H22ClNO/c1-13-8-5-6-10-16(13)21-17-11-7-9-15(19)14(17)12-20-18(2,3)4/h5-11,20H,12H2,1-4H3. The van der Waals surface area contributed by atoms with Crippen LogP contribution in [-0.2, 0) is 6.54 Å². The van der Waals surface area contributed by atoms with Gasteiger partial charge >= 0.3 is 0 Å². The van der Waals surface area contributed by atoms with E-state index in [-0.39, 0.29) is 5.54 Å². The normalized spacial score (nSPS) is 11.5. The first-order chi connectivity index (χ1) is 9.87. The van der Waals surface area contributed by atoms with Gasteiger partial charge in [-0.3, -0.25) is 0 Å². The molecule has 0 heterocycles. The number of aryl methyl sites for hydroxylation is 1. The van der Waals surface area contributed by atoms with E-state index in [1.165, 1.54) is 0 Å². The van der Waals surface area contributed by atoms with Crippen molar-refractivity contribution in [2.45, 2.75) is 39.8 Å². The number of nitrogens with one attached hydrogen (secondary N) is 1. The summed E-state index contributed by atoms with van der Waals surface area (Å²) < 4.78 is 6.06. The highest BCUT2D eigenvalue weighted by molar-refractivity contribution is 6.31. The molecule has 0 unspecified atom stereocenters. The van der Waals surface area contributed by atoms with Crippen LogP contribution in [0.15, 0.2) is 42.5 Å². The number of hydrogen-bond donors (Lipinski definition) is 1. The molecule has 0 amide bonds. The third-order valence-corrected chi connectivity index (χ3v) is 3.54. The maximum atomic E-state index is 6.34. The molecule has 0 saturated carbocycles. The monoisotopic (exact) mass is 303 g/mol. The topological polar surface area (TPSA) is 21.3 Å². The Balaban J connectivity index is 2.27. The van der Waals surface area contributed by atoms with Gasteiger partial charge in [-0.2, -0.15) is 0 Å². The smallest absolute Gasteiger partial charge is 0.133 e. The Morgan fingerprint density at radius 3 is 2.33 bits per heavy atom. The van der Waals surface area contributed by atoms with Crippen molar-refractivity contribution < 1.29 is 4.74 Å². The Hall–Kier alpha value is -1.51. The maximum absolute atomic E-state index is 6.34. The molecule has 112 valence electrons. The van der Waals surface area contributed by atoms with E-state index in [4.69, 9.17) is 16.3 Å². The van der Waals surface area contributed by atoms with Gasteiger partial charge in [-0.1, -0.05) is 35.9 Å². The number of rotatable bonds is 4. The molecule has 2 aromatic rings. The highest BCUT2D eigenvalue weighted by atomic mass is 35.5. The van der Waals surface area contributed by atoms with Crippen molar-refractivity contribution in [2.75, 3.05) is 0 Å². The van der Waals surface area contributed by atoms with Gasteiger partial charge < -0.3 is 10.1 Å². The molecule has 0 radical (unpaired) electrons. The Kier molecular flexibility index (Phi) is 4.92. The number of benzene rings is 2. The second-order valence-corrected chi connectivity index (χ2v) is 6.59. The number of para-hydroxylation sites is 1. The summed E-state index contributed by atoms with van der Waals surface area (Å²) in [7, 11) is 0. The van der Waals surface area contributed by atoms with E-state index in [0.29, 0.717) is 6.54 Å². The summed E-state index contributed by atoms with van der Waals surface area (Å²) in [5.74, 6) is 1.66. The number of ether oxygens (including phenoxy) is 1. The van der Waals surface area contributed by atoms with E-state index in [1.807, 2.05) is 49.4 Å². The minimum absolute atomic E-state index is 0.0269. The Morgan fingerprint density at radius 2 is 1.67 bits per heavy atom. The van der Waals surface area contributed by atoms with Crippen LogP contribution in [0.5, 0.6) is 11.5 Å². The van der Waals surface area contributed by atoms with Crippen LogP contribution >= 0.6 is 11.6 Å². The highest BCUT2D eigenvalue weighted by Gasteiger charge is 2.14. The van der Waals surface area contributed by atoms with Gasteiger partial charge in [0.2, 0.25) is 0 Å². The summed E-state index contributed by atoms with van der Waals surface area (Å²) in [5.41, 5.74) is 2.11. The average molecular weight is 304 g/mol. The molecule has 2 rings (SSSR count). The predicted molar refractivity (Wildman–Crippen MR) is 89.3 cm³/mol. The van der Waals surface area contributed by atoms with E-state index in [2.05, 4.69) is 26.1 Å². The third kappa shape index (κ3) is 4.48. The molecule has 0 atom stereocenters. The lowest BCUT2D eigenvalue weighted by molar-refractivity contribution is 0.414. The van der Waals surface area contributed by atoms with Crippen LogP contribution in [-0.4, -0.2) is 5.54 Å². The molecule has 2 nitrogen and oxygen atoms in total. The quantitative estimate of drug-likeness (QED) is 0.824. The molecular formula is C18H22ClNO. The van der Waals surface area contributed by atoms with Crippen LogP contribution in [0.3, 0.4) is 0 Å². The van der Waals surface area contributed by atoms with Gasteiger partial charge in [0, 0.05) is 22.7 Å². The van der Waals surface area contributed by atoms with Crippen molar-refractivity contribution in [3.05, 3.63) is 58.6 Å². The molecular weight excluding hydrogens is 282 g/mol. The molecule has 0 spiro atoms. The first-order valence-corrected chi connectivity index (χ1v) is 7.50. The molecule has 0 saturated heterocycles. The zero-order valence-corrected chi connectivity index (χ0v) is 13.8. The summed E-state index contributed by atoms with van der Waals surface area (Å²) in [6, 6.07) is 13.7. The van der Waals surface area contributed by atoms with Gasteiger partial charge in [-0.25, -0.2) is 0 Å². The van der Waals surface area contributed by atoms with Crippen LogP contribution in [0.1, 0.15) is 31.9 Å². The van der Waals surface area contributed by atoms with Crippen molar-refractivity contribution in [1.29, 1.82) is 0 Å². The fourth-order valence-corrected chi connectivity index (χ4v) is 2.18. The SMILES string of the molecule is Cc1ccccc1Oc1cccc(Cl)c1CNC(C)(C)C.